The maximum absolute atomic E-state index is 10.6. The molecule has 3 rings (SSSR count). The van der Waals surface area contributed by atoms with Crippen molar-refractivity contribution in [1.82, 2.24) is 9.55 Å². The van der Waals surface area contributed by atoms with Gasteiger partial charge in [-0.25, -0.2) is 9.78 Å². The first-order valence-electron chi connectivity index (χ1n) is 9.99. The van der Waals surface area contributed by atoms with Gasteiger partial charge in [-0.1, -0.05) is 54.7 Å². The Balaban J connectivity index is 0.000000479. The monoisotopic (exact) mass is 502 g/mol. The van der Waals surface area contributed by atoms with Gasteiger partial charge in [0.15, 0.2) is 0 Å². The normalized spacial score (nSPS) is 11.0. The van der Waals surface area contributed by atoms with Crippen LogP contribution in [0, 0.1) is 0 Å². The molecule has 0 aliphatic carbocycles. The molecular formula is C23H23Cl2F3N2O3. The molecule has 0 aliphatic heterocycles. The lowest BCUT2D eigenvalue weighted by Gasteiger charge is -2.13. The van der Waals surface area contributed by atoms with Gasteiger partial charge in [0.05, 0.1) is 25.7 Å². The first-order valence-corrected chi connectivity index (χ1v) is 10.8. The van der Waals surface area contributed by atoms with Crippen LogP contribution in [0.2, 0.25) is 10.0 Å². The Bertz CT molecular complexity index is 1090. The number of ether oxygens (including phenoxy) is 1. The maximum Gasteiger partial charge on any atom is 0.490 e. The van der Waals surface area contributed by atoms with Gasteiger partial charge in [0.1, 0.15) is 5.75 Å². The molecule has 0 spiro atoms. The molecule has 3 aromatic rings. The van der Waals surface area contributed by atoms with Crippen molar-refractivity contribution in [2.24, 2.45) is 0 Å². The summed E-state index contributed by atoms with van der Waals surface area (Å²) in [5.74, 6) is -1.92. The number of benzene rings is 2. The van der Waals surface area contributed by atoms with Crippen LogP contribution >= 0.6 is 23.2 Å². The summed E-state index contributed by atoms with van der Waals surface area (Å²) in [5.41, 5.74) is 4.21. The molecule has 0 fully saturated rings. The number of hydrogen-bond acceptors (Lipinski definition) is 3. The molecule has 1 N–H and O–H groups in total. The fourth-order valence-corrected chi connectivity index (χ4v) is 3.52. The number of unbranched alkanes of at least 4 members (excludes halogenated alkanes) is 1. The highest BCUT2D eigenvalue weighted by molar-refractivity contribution is 6.35. The second kappa shape index (κ2) is 12.0. The van der Waals surface area contributed by atoms with Crippen LogP contribution in [-0.4, -0.2) is 33.9 Å². The molecular weight excluding hydrogens is 480 g/mol. The topological polar surface area (TPSA) is 64.4 Å². The van der Waals surface area contributed by atoms with Crippen LogP contribution < -0.4 is 4.74 Å². The van der Waals surface area contributed by atoms with Gasteiger partial charge < -0.3 is 14.4 Å². The number of hydrogen-bond donors (Lipinski definition) is 1. The molecule has 1 aromatic heterocycles. The summed E-state index contributed by atoms with van der Waals surface area (Å²) < 4.78 is 39.4. The van der Waals surface area contributed by atoms with Gasteiger partial charge in [-0.2, -0.15) is 13.2 Å². The van der Waals surface area contributed by atoms with E-state index < -0.39 is 12.1 Å². The van der Waals surface area contributed by atoms with Crippen molar-refractivity contribution in [2.75, 3.05) is 7.11 Å². The van der Waals surface area contributed by atoms with E-state index in [9.17, 15) is 13.2 Å². The number of para-hydroxylation sites is 1. The van der Waals surface area contributed by atoms with Crippen molar-refractivity contribution in [2.45, 2.75) is 38.9 Å². The van der Waals surface area contributed by atoms with Gasteiger partial charge in [-0.3, -0.25) is 0 Å². The van der Waals surface area contributed by atoms with Crippen molar-refractivity contribution in [1.29, 1.82) is 0 Å². The Morgan fingerprint density at radius 3 is 2.42 bits per heavy atom. The Labute approximate surface area is 199 Å². The molecule has 0 unspecified atom stereocenters. The van der Waals surface area contributed by atoms with E-state index in [1.165, 1.54) is 5.69 Å². The Morgan fingerprint density at radius 1 is 1.18 bits per heavy atom. The zero-order chi connectivity index (χ0) is 24.6. The predicted octanol–water partition coefficient (Wildman–Crippen LogP) is 6.89. The number of carbonyl (C=O) groups is 1. The molecule has 0 aliphatic rings. The van der Waals surface area contributed by atoms with Crippen LogP contribution in [0.25, 0.3) is 11.3 Å². The van der Waals surface area contributed by atoms with Crippen molar-refractivity contribution in [3.8, 4) is 17.0 Å². The van der Waals surface area contributed by atoms with Crippen LogP contribution in [0.3, 0.4) is 0 Å². The molecule has 0 atom stereocenters. The molecule has 0 saturated carbocycles. The lowest BCUT2D eigenvalue weighted by atomic mass is 10.1. The standard InChI is InChI=1S/C21H22Cl2N2O.C2HF3O2/c1-3-4-8-19-21(17-7-5-6-9-20(17)26-2)24-14-25(19)13-15-10-11-16(22)12-18(15)23;3-2(4,5)1(6)7/h5-7,9-12,14H,3-4,8,13H2,1-2H3;(H,6,7). The first kappa shape index (κ1) is 26.5. The van der Waals surface area contributed by atoms with Crippen molar-refractivity contribution >= 4 is 29.2 Å². The van der Waals surface area contributed by atoms with Gasteiger partial charge >= 0.3 is 12.1 Å². The highest BCUT2D eigenvalue weighted by atomic mass is 35.5. The number of nitrogens with zero attached hydrogens (tertiary/aromatic N) is 2. The average molecular weight is 503 g/mol. The molecule has 10 heteroatoms. The average Bonchev–Trinajstić information content (AvgIpc) is 3.16. The maximum atomic E-state index is 10.6. The van der Waals surface area contributed by atoms with E-state index in [2.05, 4.69) is 17.6 Å². The van der Waals surface area contributed by atoms with E-state index in [1.54, 1.807) is 13.2 Å². The van der Waals surface area contributed by atoms with E-state index >= 15 is 0 Å². The summed E-state index contributed by atoms with van der Waals surface area (Å²) in [6, 6.07) is 13.6. The molecule has 5 nitrogen and oxygen atoms in total. The zero-order valence-corrected chi connectivity index (χ0v) is 19.5. The lowest BCUT2D eigenvalue weighted by molar-refractivity contribution is -0.192. The number of imidazole rings is 1. The van der Waals surface area contributed by atoms with Gasteiger partial charge in [-0.05, 0) is 42.7 Å². The zero-order valence-electron chi connectivity index (χ0n) is 18.0. The number of rotatable bonds is 7. The van der Waals surface area contributed by atoms with Gasteiger partial charge in [-0.15, -0.1) is 0 Å². The van der Waals surface area contributed by atoms with Crippen LogP contribution in [0.15, 0.2) is 48.8 Å². The molecule has 178 valence electrons. The molecule has 2 aromatic carbocycles. The summed E-state index contributed by atoms with van der Waals surface area (Å²) >= 11 is 12.4. The summed E-state index contributed by atoms with van der Waals surface area (Å²) in [4.78, 5) is 13.6. The molecule has 33 heavy (non-hydrogen) atoms. The predicted molar refractivity (Wildman–Crippen MR) is 122 cm³/mol. The van der Waals surface area contributed by atoms with Crippen molar-refractivity contribution in [3.63, 3.8) is 0 Å². The second-order valence-corrected chi connectivity index (χ2v) is 7.85. The van der Waals surface area contributed by atoms with Gasteiger partial charge in [0.25, 0.3) is 0 Å². The van der Waals surface area contributed by atoms with E-state index in [4.69, 9.17) is 42.8 Å². The number of carboxylic acids is 1. The van der Waals surface area contributed by atoms with Crippen LogP contribution in [-0.2, 0) is 17.8 Å². The van der Waals surface area contributed by atoms with Gasteiger partial charge in [0, 0.05) is 21.3 Å². The second-order valence-electron chi connectivity index (χ2n) is 7.01. The van der Waals surface area contributed by atoms with E-state index in [-0.39, 0.29) is 0 Å². The van der Waals surface area contributed by atoms with Crippen LogP contribution in [0.1, 0.15) is 31.0 Å². The lowest BCUT2D eigenvalue weighted by Crippen LogP contribution is -2.21. The largest absolute Gasteiger partial charge is 0.496 e. The highest BCUT2D eigenvalue weighted by Gasteiger charge is 2.38. The summed E-state index contributed by atoms with van der Waals surface area (Å²) in [5, 5.41) is 8.44. The fourth-order valence-electron chi connectivity index (χ4n) is 3.05. The number of methoxy groups -OCH3 is 1. The van der Waals surface area contributed by atoms with E-state index in [0.717, 1.165) is 41.8 Å². The number of aromatic nitrogens is 2. The van der Waals surface area contributed by atoms with E-state index in [0.29, 0.717) is 16.6 Å². The minimum Gasteiger partial charge on any atom is -0.496 e. The number of halogens is 5. The third-order valence-corrected chi connectivity index (χ3v) is 5.26. The number of alkyl halides is 3. The summed E-state index contributed by atoms with van der Waals surface area (Å²) in [7, 11) is 1.69. The quantitative estimate of drug-likeness (QED) is 0.382. The molecule has 1 heterocycles. The highest BCUT2D eigenvalue weighted by Crippen LogP contribution is 2.32. The first-order chi connectivity index (χ1) is 15.6. The van der Waals surface area contributed by atoms with Crippen LogP contribution in [0.5, 0.6) is 5.75 Å². The van der Waals surface area contributed by atoms with Gasteiger partial charge in [0.2, 0.25) is 0 Å². The summed E-state index contributed by atoms with van der Waals surface area (Å²) in [6.45, 7) is 2.86. The van der Waals surface area contributed by atoms with E-state index in [1.807, 2.05) is 36.7 Å². The third kappa shape index (κ3) is 7.40. The van der Waals surface area contributed by atoms with Crippen LogP contribution in [0.4, 0.5) is 13.2 Å². The molecule has 0 radical (unpaired) electrons. The number of carboxylic acid groups (broad SMARTS) is 1. The Hall–Kier alpha value is -2.71. The molecule has 0 bridgehead atoms. The minimum absolute atomic E-state index is 0.644. The van der Waals surface area contributed by atoms with Crippen molar-refractivity contribution < 1.29 is 27.8 Å². The Morgan fingerprint density at radius 2 is 1.85 bits per heavy atom. The fraction of sp³-hybridized carbons (Fsp3) is 0.304. The summed E-state index contributed by atoms with van der Waals surface area (Å²) in [6.07, 6.45) is -0.0206. The smallest absolute Gasteiger partial charge is 0.490 e. The number of aliphatic carboxylic acids is 1. The minimum atomic E-state index is -5.08. The molecule has 0 amide bonds. The van der Waals surface area contributed by atoms with Crippen molar-refractivity contribution in [3.05, 3.63) is 70.1 Å². The SMILES string of the molecule is CCCCc1c(-c2ccccc2OC)ncn1Cc1ccc(Cl)cc1Cl.O=C(O)C(F)(F)F. The molecule has 0 saturated heterocycles. The third-order valence-electron chi connectivity index (χ3n) is 4.67. The Kier molecular flexibility index (Phi) is 9.61.